The number of nitrogen functional groups attached to an aromatic ring is 1. The maximum atomic E-state index is 13.6. The van der Waals surface area contributed by atoms with E-state index < -0.39 is 11.6 Å². The van der Waals surface area contributed by atoms with E-state index in [0.717, 1.165) is 24.7 Å². The molecule has 5 nitrogen and oxygen atoms in total. The fraction of sp³-hybridized carbons (Fsp3) is 0.286. The largest absolute Gasteiger partial charge is 0.366 e. The van der Waals surface area contributed by atoms with E-state index in [1.165, 1.54) is 12.1 Å². The number of aromatic nitrogens is 2. The van der Waals surface area contributed by atoms with E-state index in [-0.39, 0.29) is 6.54 Å². The Morgan fingerprint density at radius 3 is 2.57 bits per heavy atom. The van der Waals surface area contributed by atoms with Crippen LogP contribution in [-0.2, 0) is 6.54 Å². The van der Waals surface area contributed by atoms with E-state index in [0.29, 0.717) is 23.1 Å². The van der Waals surface area contributed by atoms with Gasteiger partial charge in [-0.05, 0) is 18.9 Å². The van der Waals surface area contributed by atoms with E-state index in [2.05, 4.69) is 20.7 Å². The molecule has 3 rings (SSSR count). The van der Waals surface area contributed by atoms with Gasteiger partial charge in [0.15, 0.2) is 0 Å². The molecule has 0 unspecified atom stereocenters. The number of hydrazine groups is 1. The maximum Gasteiger partial charge on any atom is 0.145 e. The molecule has 1 saturated carbocycles. The van der Waals surface area contributed by atoms with Crippen LogP contribution >= 0.6 is 0 Å². The average molecular weight is 291 g/mol. The van der Waals surface area contributed by atoms with E-state index in [1.54, 1.807) is 6.07 Å². The third-order valence-corrected chi connectivity index (χ3v) is 3.31. The molecule has 2 aromatic rings. The maximum absolute atomic E-state index is 13.6. The van der Waals surface area contributed by atoms with Crippen molar-refractivity contribution in [2.45, 2.75) is 25.3 Å². The van der Waals surface area contributed by atoms with Crippen molar-refractivity contribution in [3.05, 3.63) is 47.3 Å². The molecule has 1 aromatic heterocycles. The topological polar surface area (TPSA) is 75.9 Å². The lowest BCUT2D eigenvalue weighted by Crippen LogP contribution is -2.12. The Kier molecular flexibility index (Phi) is 3.66. The lowest BCUT2D eigenvalue weighted by molar-refractivity contribution is 0.574. The van der Waals surface area contributed by atoms with Crippen molar-refractivity contribution in [2.24, 2.45) is 5.84 Å². The number of nitrogens with zero attached hydrogens (tertiary/aromatic N) is 2. The van der Waals surface area contributed by atoms with Crippen LogP contribution in [0.4, 0.5) is 20.4 Å². The fourth-order valence-corrected chi connectivity index (χ4v) is 2.01. The van der Waals surface area contributed by atoms with Crippen molar-refractivity contribution in [1.29, 1.82) is 0 Å². The van der Waals surface area contributed by atoms with Gasteiger partial charge in [0, 0.05) is 30.2 Å². The second-order valence-corrected chi connectivity index (χ2v) is 5.00. The monoisotopic (exact) mass is 291 g/mol. The van der Waals surface area contributed by atoms with Gasteiger partial charge < -0.3 is 10.7 Å². The summed E-state index contributed by atoms with van der Waals surface area (Å²) in [5.74, 6) is 6.38. The summed E-state index contributed by atoms with van der Waals surface area (Å²) in [6.45, 7) is 0.206. The van der Waals surface area contributed by atoms with Crippen molar-refractivity contribution >= 4 is 11.6 Å². The van der Waals surface area contributed by atoms with Gasteiger partial charge in [0.25, 0.3) is 0 Å². The molecule has 110 valence electrons. The van der Waals surface area contributed by atoms with Gasteiger partial charge in [0.2, 0.25) is 0 Å². The summed E-state index contributed by atoms with van der Waals surface area (Å²) in [5.41, 5.74) is 2.86. The average Bonchev–Trinajstić information content (AvgIpc) is 3.30. The third kappa shape index (κ3) is 3.25. The molecule has 0 aliphatic heterocycles. The van der Waals surface area contributed by atoms with Crippen molar-refractivity contribution in [2.75, 3.05) is 10.7 Å². The van der Waals surface area contributed by atoms with Crippen LogP contribution in [0.5, 0.6) is 0 Å². The van der Waals surface area contributed by atoms with Crippen LogP contribution in [0.2, 0.25) is 0 Å². The highest BCUT2D eigenvalue weighted by Gasteiger charge is 2.27. The molecule has 0 spiro atoms. The van der Waals surface area contributed by atoms with E-state index in [1.807, 2.05) is 0 Å². The zero-order chi connectivity index (χ0) is 14.8. The smallest absolute Gasteiger partial charge is 0.145 e. The standard InChI is InChI=1S/C14H15F2N5/c15-10-4-3-9(11(16)5-10)7-18-12-6-13(21-17)20-14(19-12)8-1-2-8/h3-6,8H,1-2,7,17H2,(H2,18,19,20,21). The van der Waals surface area contributed by atoms with Gasteiger partial charge >= 0.3 is 0 Å². The second-order valence-electron chi connectivity index (χ2n) is 5.00. The van der Waals surface area contributed by atoms with Crippen molar-refractivity contribution in [3.8, 4) is 0 Å². The highest BCUT2D eigenvalue weighted by molar-refractivity contribution is 5.48. The Labute approximate surface area is 120 Å². The summed E-state index contributed by atoms with van der Waals surface area (Å²) in [5, 5.41) is 3.01. The molecular weight excluding hydrogens is 276 g/mol. The number of nitrogens with one attached hydrogen (secondary N) is 2. The number of halogens is 2. The molecule has 0 bridgehead atoms. The van der Waals surface area contributed by atoms with Gasteiger partial charge in [0.1, 0.15) is 29.1 Å². The Morgan fingerprint density at radius 1 is 1.14 bits per heavy atom. The van der Waals surface area contributed by atoms with Gasteiger partial charge in [-0.2, -0.15) is 0 Å². The minimum atomic E-state index is -0.594. The molecule has 0 atom stereocenters. The van der Waals surface area contributed by atoms with Crippen LogP contribution in [0.25, 0.3) is 0 Å². The summed E-state index contributed by atoms with van der Waals surface area (Å²) in [6.07, 6.45) is 2.14. The molecule has 1 aromatic carbocycles. The normalized spacial score (nSPS) is 14.0. The van der Waals surface area contributed by atoms with Gasteiger partial charge in [-0.15, -0.1) is 0 Å². The highest BCUT2D eigenvalue weighted by atomic mass is 19.1. The number of nitrogens with two attached hydrogens (primary N) is 1. The Morgan fingerprint density at radius 2 is 1.90 bits per heavy atom. The number of benzene rings is 1. The molecule has 7 heteroatoms. The molecule has 4 N–H and O–H groups in total. The van der Waals surface area contributed by atoms with Gasteiger partial charge in [0.05, 0.1) is 0 Å². The first-order valence-corrected chi connectivity index (χ1v) is 6.69. The lowest BCUT2D eigenvalue weighted by atomic mass is 10.2. The summed E-state index contributed by atoms with van der Waals surface area (Å²) in [6, 6.07) is 5.14. The molecular formula is C14H15F2N5. The number of rotatable bonds is 5. The van der Waals surface area contributed by atoms with Gasteiger partial charge in [-0.1, -0.05) is 6.07 Å². The summed E-state index contributed by atoms with van der Waals surface area (Å²) >= 11 is 0. The molecule has 1 aliphatic carbocycles. The first-order chi connectivity index (χ1) is 10.2. The SMILES string of the molecule is NNc1cc(NCc2ccc(F)cc2F)nc(C2CC2)n1. The predicted octanol–water partition coefficient (Wildman–Crippen LogP) is 2.53. The van der Waals surface area contributed by atoms with Crippen LogP contribution in [0.15, 0.2) is 24.3 Å². The summed E-state index contributed by atoms with van der Waals surface area (Å²) in [4.78, 5) is 8.68. The lowest BCUT2D eigenvalue weighted by Gasteiger charge is -2.10. The van der Waals surface area contributed by atoms with Crippen LogP contribution in [0.3, 0.4) is 0 Å². The Hall–Kier alpha value is -2.28. The zero-order valence-corrected chi connectivity index (χ0v) is 11.2. The van der Waals surface area contributed by atoms with Crippen LogP contribution < -0.4 is 16.6 Å². The van der Waals surface area contributed by atoms with Crippen LogP contribution in [0.1, 0.15) is 30.1 Å². The van der Waals surface area contributed by atoms with Crippen molar-refractivity contribution in [1.82, 2.24) is 9.97 Å². The van der Waals surface area contributed by atoms with Gasteiger partial charge in [-0.25, -0.2) is 24.6 Å². The van der Waals surface area contributed by atoms with Gasteiger partial charge in [-0.3, -0.25) is 0 Å². The van der Waals surface area contributed by atoms with Crippen molar-refractivity contribution in [3.63, 3.8) is 0 Å². The number of hydrogen-bond donors (Lipinski definition) is 3. The summed E-state index contributed by atoms with van der Waals surface area (Å²) in [7, 11) is 0. The van der Waals surface area contributed by atoms with E-state index in [4.69, 9.17) is 5.84 Å². The second kappa shape index (κ2) is 5.61. The first-order valence-electron chi connectivity index (χ1n) is 6.69. The van der Waals surface area contributed by atoms with Crippen molar-refractivity contribution < 1.29 is 8.78 Å². The molecule has 0 radical (unpaired) electrons. The molecule has 1 aliphatic rings. The molecule has 21 heavy (non-hydrogen) atoms. The zero-order valence-electron chi connectivity index (χ0n) is 11.2. The third-order valence-electron chi connectivity index (χ3n) is 3.31. The molecule has 1 fully saturated rings. The Bertz CT molecular complexity index is 658. The molecule has 0 saturated heterocycles. The number of hydrogen-bond acceptors (Lipinski definition) is 5. The van der Waals surface area contributed by atoms with Crippen LogP contribution in [-0.4, -0.2) is 9.97 Å². The first kappa shape index (κ1) is 13.7. The minimum Gasteiger partial charge on any atom is -0.366 e. The Balaban J connectivity index is 1.76. The molecule has 1 heterocycles. The minimum absolute atomic E-state index is 0.206. The summed E-state index contributed by atoms with van der Waals surface area (Å²) < 4.78 is 26.4. The fourth-order valence-electron chi connectivity index (χ4n) is 2.01. The number of anilines is 2. The quantitative estimate of drug-likeness (QED) is 0.583. The van der Waals surface area contributed by atoms with Crippen LogP contribution in [0, 0.1) is 11.6 Å². The predicted molar refractivity (Wildman–Crippen MR) is 75.5 cm³/mol. The molecule has 0 amide bonds. The van der Waals surface area contributed by atoms with E-state index >= 15 is 0 Å². The van der Waals surface area contributed by atoms with E-state index in [9.17, 15) is 8.78 Å². The highest BCUT2D eigenvalue weighted by Crippen LogP contribution is 2.38.